The Bertz CT molecular complexity index is 888. The molecule has 2 fully saturated rings. The largest absolute Gasteiger partial charge is 0.383 e. The smallest absolute Gasteiger partial charge is 0.244 e. The van der Waals surface area contributed by atoms with Crippen LogP contribution in [0.4, 0.5) is 0 Å². The van der Waals surface area contributed by atoms with E-state index in [4.69, 9.17) is 27.9 Å². The minimum absolute atomic E-state index is 0.0765. The van der Waals surface area contributed by atoms with Crippen LogP contribution in [-0.4, -0.2) is 68.2 Å². The molecule has 0 radical (unpaired) electrons. The highest BCUT2D eigenvalue weighted by molar-refractivity contribution is 7.89. The number of methoxy groups -OCH3 is 1. The number of piperidine rings is 1. The van der Waals surface area contributed by atoms with Crippen LogP contribution in [-0.2, 0) is 24.3 Å². The van der Waals surface area contributed by atoms with Crippen molar-refractivity contribution in [1.82, 2.24) is 9.21 Å². The maximum absolute atomic E-state index is 13.6. The number of rotatable bonds is 6. The summed E-state index contributed by atoms with van der Waals surface area (Å²) in [4.78, 5) is 27.2. The van der Waals surface area contributed by atoms with E-state index in [-0.39, 0.29) is 33.2 Å². The van der Waals surface area contributed by atoms with Gasteiger partial charge in [0.25, 0.3) is 0 Å². The Morgan fingerprint density at radius 3 is 2.45 bits per heavy atom. The van der Waals surface area contributed by atoms with Crippen LogP contribution in [0.1, 0.15) is 26.2 Å². The lowest BCUT2D eigenvalue weighted by molar-refractivity contribution is -0.135. The van der Waals surface area contributed by atoms with Crippen molar-refractivity contribution in [3.05, 3.63) is 28.2 Å². The maximum Gasteiger partial charge on any atom is 0.244 e. The van der Waals surface area contributed by atoms with Crippen molar-refractivity contribution >= 4 is 44.9 Å². The Labute approximate surface area is 180 Å². The number of benzene rings is 1. The van der Waals surface area contributed by atoms with E-state index in [0.717, 1.165) is 0 Å². The number of hydrogen-bond donors (Lipinski definition) is 0. The molecule has 1 amide bonds. The molecule has 29 heavy (non-hydrogen) atoms. The van der Waals surface area contributed by atoms with Crippen LogP contribution in [0, 0.1) is 5.92 Å². The molecular weight excluding hydrogens is 439 g/mol. The number of amides is 1. The SMILES string of the molecule is COCCN1C[C@H](C(C)=O)[C@H]2CCC[C@@H](C1=O)N2S(=O)(=O)c1cc(Cl)cc(Cl)c1. The monoisotopic (exact) mass is 462 g/mol. The van der Waals surface area contributed by atoms with Gasteiger partial charge in [-0.3, -0.25) is 9.59 Å². The van der Waals surface area contributed by atoms with Gasteiger partial charge < -0.3 is 9.64 Å². The average Bonchev–Trinajstić information content (AvgIpc) is 2.72. The molecule has 0 N–H and O–H groups in total. The fourth-order valence-electron chi connectivity index (χ4n) is 4.22. The van der Waals surface area contributed by atoms with Crippen molar-refractivity contribution in [3.8, 4) is 0 Å². The number of halogens is 2. The molecule has 2 aliphatic heterocycles. The topological polar surface area (TPSA) is 84.0 Å². The summed E-state index contributed by atoms with van der Waals surface area (Å²) in [6, 6.07) is 2.63. The quantitative estimate of drug-likeness (QED) is 0.648. The fourth-order valence-corrected chi connectivity index (χ4v) is 6.81. The first-order valence-electron chi connectivity index (χ1n) is 9.44. The summed E-state index contributed by atoms with van der Waals surface area (Å²) in [6.45, 7) is 2.24. The summed E-state index contributed by atoms with van der Waals surface area (Å²) in [7, 11) is -2.57. The van der Waals surface area contributed by atoms with Gasteiger partial charge in [-0.25, -0.2) is 8.42 Å². The van der Waals surface area contributed by atoms with Gasteiger partial charge in [0.15, 0.2) is 0 Å². The molecule has 1 aromatic carbocycles. The van der Waals surface area contributed by atoms with E-state index < -0.39 is 28.0 Å². The summed E-state index contributed by atoms with van der Waals surface area (Å²) in [6.07, 6.45) is 1.59. The van der Waals surface area contributed by atoms with Crippen LogP contribution >= 0.6 is 23.2 Å². The number of sulfonamides is 1. The zero-order valence-electron chi connectivity index (χ0n) is 16.3. The van der Waals surface area contributed by atoms with Crippen LogP contribution in [0.5, 0.6) is 0 Å². The molecule has 0 unspecified atom stereocenters. The van der Waals surface area contributed by atoms with Crippen LogP contribution in [0.25, 0.3) is 0 Å². The number of fused-ring (bicyclic) bond motifs is 2. The Balaban J connectivity index is 2.10. The van der Waals surface area contributed by atoms with Gasteiger partial charge in [0.2, 0.25) is 15.9 Å². The van der Waals surface area contributed by atoms with E-state index in [1.807, 2.05) is 0 Å². The van der Waals surface area contributed by atoms with Gasteiger partial charge in [-0.05, 0) is 44.4 Å². The maximum atomic E-state index is 13.6. The number of nitrogens with zero attached hydrogens (tertiary/aromatic N) is 2. The van der Waals surface area contributed by atoms with E-state index in [1.165, 1.54) is 36.5 Å². The zero-order valence-corrected chi connectivity index (χ0v) is 18.6. The lowest BCUT2D eigenvalue weighted by Crippen LogP contribution is -2.55. The third kappa shape index (κ3) is 4.46. The summed E-state index contributed by atoms with van der Waals surface area (Å²) in [5.41, 5.74) is 0. The summed E-state index contributed by atoms with van der Waals surface area (Å²) in [5.74, 6) is -1.05. The Kier molecular flexibility index (Phi) is 6.90. The molecule has 0 saturated carbocycles. The zero-order chi connectivity index (χ0) is 21.3. The first-order valence-corrected chi connectivity index (χ1v) is 11.6. The van der Waals surface area contributed by atoms with E-state index in [0.29, 0.717) is 32.4 Å². The number of Topliss-reactive ketones (excluding diaryl/α,β-unsaturated/α-hetero) is 1. The van der Waals surface area contributed by atoms with Gasteiger partial charge >= 0.3 is 0 Å². The van der Waals surface area contributed by atoms with Crippen molar-refractivity contribution in [3.63, 3.8) is 0 Å². The Morgan fingerprint density at radius 1 is 1.21 bits per heavy atom. The summed E-state index contributed by atoms with van der Waals surface area (Å²) < 4.78 is 33.5. The Morgan fingerprint density at radius 2 is 1.86 bits per heavy atom. The highest BCUT2D eigenvalue weighted by Crippen LogP contribution is 2.38. The standard InChI is InChI=1S/C19H24Cl2N2O5S/c1-12(24)16-11-22(6-7-28-2)19(25)18-5-3-4-17(16)23(18)29(26,27)15-9-13(20)8-14(21)10-15/h8-10,16-18H,3-7,11H2,1-2H3/t16-,17-,18+/m1/s1. The van der Waals surface area contributed by atoms with E-state index in [2.05, 4.69) is 0 Å². The predicted molar refractivity (Wildman–Crippen MR) is 110 cm³/mol. The van der Waals surface area contributed by atoms with Crippen LogP contribution in [0.3, 0.4) is 0 Å². The molecule has 10 heteroatoms. The van der Waals surface area contributed by atoms with Gasteiger partial charge in [0.1, 0.15) is 11.8 Å². The number of carbonyl (C=O) groups is 2. The molecule has 3 rings (SSSR count). The minimum Gasteiger partial charge on any atom is -0.383 e. The van der Waals surface area contributed by atoms with Crippen molar-refractivity contribution < 1.29 is 22.7 Å². The first-order chi connectivity index (χ1) is 13.7. The normalized spacial score (nSPS) is 25.7. The molecule has 3 atom stereocenters. The fraction of sp³-hybridized carbons (Fsp3) is 0.579. The van der Waals surface area contributed by atoms with Crippen molar-refractivity contribution in [2.24, 2.45) is 5.92 Å². The molecule has 7 nitrogen and oxygen atoms in total. The molecule has 2 aliphatic rings. The molecular formula is C19H24Cl2N2O5S. The summed E-state index contributed by atoms with van der Waals surface area (Å²) in [5, 5.41) is 0.374. The average molecular weight is 463 g/mol. The van der Waals surface area contributed by atoms with Crippen LogP contribution in [0.15, 0.2) is 23.1 Å². The molecule has 0 aliphatic carbocycles. The lowest BCUT2D eigenvalue weighted by atomic mass is 9.88. The van der Waals surface area contributed by atoms with Crippen molar-refractivity contribution in [1.29, 1.82) is 0 Å². The predicted octanol–water partition coefficient (Wildman–Crippen LogP) is 2.60. The Hall–Kier alpha value is -1.19. The van der Waals surface area contributed by atoms with Gasteiger partial charge in [-0.1, -0.05) is 23.2 Å². The number of ketones is 1. The van der Waals surface area contributed by atoms with E-state index in [1.54, 1.807) is 4.90 Å². The number of hydrogen-bond acceptors (Lipinski definition) is 5. The third-order valence-corrected chi connectivity index (χ3v) is 7.94. The van der Waals surface area contributed by atoms with Crippen LogP contribution in [0.2, 0.25) is 10.0 Å². The first kappa shape index (κ1) is 22.5. The lowest BCUT2D eigenvalue weighted by Gasteiger charge is -2.40. The van der Waals surface area contributed by atoms with Gasteiger partial charge in [0, 0.05) is 36.3 Å². The van der Waals surface area contributed by atoms with Gasteiger partial charge in [-0.2, -0.15) is 4.31 Å². The van der Waals surface area contributed by atoms with E-state index in [9.17, 15) is 18.0 Å². The molecule has 1 aromatic rings. The minimum atomic E-state index is -4.10. The van der Waals surface area contributed by atoms with Gasteiger partial charge in [-0.15, -0.1) is 0 Å². The van der Waals surface area contributed by atoms with Crippen LogP contribution < -0.4 is 0 Å². The summed E-state index contributed by atoms with van der Waals surface area (Å²) >= 11 is 12.1. The second-order valence-electron chi connectivity index (χ2n) is 7.45. The molecule has 0 aromatic heterocycles. The highest BCUT2D eigenvalue weighted by atomic mass is 35.5. The molecule has 2 saturated heterocycles. The molecule has 0 spiro atoms. The van der Waals surface area contributed by atoms with E-state index >= 15 is 0 Å². The van der Waals surface area contributed by atoms with Crippen molar-refractivity contribution in [2.75, 3.05) is 26.8 Å². The van der Waals surface area contributed by atoms with Crippen molar-refractivity contribution in [2.45, 2.75) is 43.2 Å². The highest BCUT2D eigenvalue weighted by Gasteiger charge is 2.51. The molecule has 160 valence electrons. The molecule has 2 bridgehead atoms. The second-order valence-corrected chi connectivity index (χ2v) is 10.2. The third-order valence-electron chi connectivity index (χ3n) is 5.59. The number of carbonyl (C=O) groups excluding carboxylic acids is 2. The number of ether oxygens (including phenoxy) is 1. The molecule has 2 heterocycles. The van der Waals surface area contributed by atoms with Gasteiger partial charge in [0.05, 0.1) is 17.4 Å². The second kappa shape index (κ2) is 8.89.